The number of ether oxygens (including phenoxy) is 2. The summed E-state index contributed by atoms with van der Waals surface area (Å²) >= 11 is 0. The summed E-state index contributed by atoms with van der Waals surface area (Å²) in [6.07, 6.45) is 9.08. The Labute approximate surface area is 141 Å². The van der Waals surface area contributed by atoms with Crippen molar-refractivity contribution in [3.05, 3.63) is 18.2 Å². The van der Waals surface area contributed by atoms with E-state index in [0.717, 1.165) is 25.7 Å². The normalized spacial score (nSPS) is 10.6. The average molecular weight is 322 g/mol. The van der Waals surface area contributed by atoms with E-state index in [-0.39, 0.29) is 0 Å². The molecular formula is C18H31BO4. The highest BCUT2D eigenvalue weighted by atomic mass is 16.5. The van der Waals surface area contributed by atoms with E-state index in [0.29, 0.717) is 30.2 Å². The van der Waals surface area contributed by atoms with Gasteiger partial charge in [-0.15, -0.1) is 0 Å². The van der Waals surface area contributed by atoms with E-state index in [9.17, 15) is 10.0 Å². The average Bonchev–Trinajstić information content (AvgIpc) is 2.55. The molecule has 0 saturated carbocycles. The van der Waals surface area contributed by atoms with Crippen molar-refractivity contribution in [3.8, 4) is 11.5 Å². The number of rotatable bonds is 13. The molecule has 0 aliphatic rings. The maximum Gasteiger partial charge on any atom is 0.492 e. The standard InChI is InChI=1S/C18H31BO4/c1-3-5-7-9-13-22-16-11-12-18(17(15-16)19(20)21)23-14-10-8-6-4-2/h11-12,15,20-21H,3-10,13-14H2,1-2H3. The predicted molar refractivity (Wildman–Crippen MR) is 95.5 cm³/mol. The van der Waals surface area contributed by atoms with Crippen molar-refractivity contribution >= 4 is 12.6 Å². The number of hydrogen-bond acceptors (Lipinski definition) is 4. The van der Waals surface area contributed by atoms with Crippen molar-refractivity contribution < 1.29 is 19.5 Å². The zero-order valence-electron chi connectivity index (χ0n) is 14.6. The van der Waals surface area contributed by atoms with Crippen LogP contribution in [0, 0.1) is 0 Å². The van der Waals surface area contributed by atoms with Crippen LogP contribution in [0.3, 0.4) is 0 Å². The fraction of sp³-hybridized carbons (Fsp3) is 0.667. The topological polar surface area (TPSA) is 58.9 Å². The van der Waals surface area contributed by atoms with Gasteiger partial charge in [-0.2, -0.15) is 0 Å². The minimum Gasteiger partial charge on any atom is -0.494 e. The second-order valence-electron chi connectivity index (χ2n) is 5.89. The van der Waals surface area contributed by atoms with E-state index < -0.39 is 7.12 Å². The molecule has 0 saturated heterocycles. The lowest BCUT2D eigenvalue weighted by Crippen LogP contribution is -2.31. The molecule has 1 aromatic rings. The van der Waals surface area contributed by atoms with Crippen LogP contribution in [0.15, 0.2) is 18.2 Å². The molecule has 0 aliphatic heterocycles. The first-order valence-electron chi connectivity index (χ1n) is 8.94. The van der Waals surface area contributed by atoms with Gasteiger partial charge in [0.15, 0.2) is 0 Å². The summed E-state index contributed by atoms with van der Waals surface area (Å²) in [5.74, 6) is 1.18. The summed E-state index contributed by atoms with van der Waals surface area (Å²) in [5, 5.41) is 19.1. The number of benzene rings is 1. The molecule has 130 valence electrons. The Hall–Kier alpha value is -1.20. The summed E-state index contributed by atoms with van der Waals surface area (Å²) < 4.78 is 11.4. The third-order valence-electron chi connectivity index (χ3n) is 3.78. The van der Waals surface area contributed by atoms with E-state index >= 15 is 0 Å². The highest BCUT2D eigenvalue weighted by Crippen LogP contribution is 2.17. The maximum absolute atomic E-state index is 9.53. The summed E-state index contributed by atoms with van der Waals surface area (Å²) in [5.41, 5.74) is 0.367. The molecule has 0 unspecified atom stereocenters. The fourth-order valence-corrected chi connectivity index (χ4v) is 2.38. The molecular weight excluding hydrogens is 291 g/mol. The quantitative estimate of drug-likeness (QED) is 0.432. The van der Waals surface area contributed by atoms with Crippen LogP contribution in [0.5, 0.6) is 11.5 Å². The van der Waals surface area contributed by atoms with Gasteiger partial charge in [0.1, 0.15) is 11.5 Å². The minimum atomic E-state index is -1.55. The van der Waals surface area contributed by atoms with Crippen molar-refractivity contribution in [2.24, 2.45) is 0 Å². The van der Waals surface area contributed by atoms with Gasteiger partial charge in [-0.3, -0.25) is 0 Å². The van der Waals surface area contributed by atoms with Crippen LogP contribution in [0.1, 0.15) is 65.2 Å². The molecule has 1 rings (SSSR count). The lowest BCUT2D eigenvalue weighted by Gasteiger charge is -2.13. The molecule has 0 fully saturated rings. The van der Waals surface area contributed by atoms with Crippen molar-refractivity contribution in [2.45, 2.75) is 65.2 Å². The molecule has 0 radical (unpaired) electrons. The van der Waals surface area contributed by atoms with Crippen LogP contribution >= 0.6 is 0 Å². The first kappa shape index (κ1) is 19.9. The van der Waals surface area contributed by atoms with Gasteiger partial charge >= 0.3 is 7.12 Å². The van der Waals surface area contributed by atoms with E-state index in [1.807, 2.05) is 6.07 Å². The van der Waals surface area contributed by atoms with Crippen LogP contribution < -0.4 is 14.9 Å². The van der Waals surface area contributed by atoms with Gasteiger partial charge < -0.3 is 19.5 Å². The van der Waals surface area contributed by atoms with Gasteiger partial charge in [0.25, 0.3) is 0 Å². The van der Waals surface area contributed by atoms with Gasteiger partial charge in [0.2, 0.25) is 0 Å². The van der Waals surface area contributed by atoms with Gasteiger partial charge in [0.05, 0.1) is 13.2 Å². The monoisotopic (exact) mass is 322 g/mol. The van der Waals surface area contributed by atoms with Gasteiger partial charge in [-0.05, 0) is 31.0 Å². The third kappa shape index (κ3) is 8.28. The van der Waals surface area contributed by atoms with Crippen molar-refractivity contribution in [1.82, 2.24) is 0 Å². The Morgan fingerprint density at radius 1 is 0.826 bits per heavy atom. The summed E-state index contributed by atoms with van der Waals surface area (Å²) in [7, 11) is -1.55. The molecule has 1 aromatic carbocycles. The first-order valence-corrected chi connectivity index (χ1v) is 8.94. The summed E-state index contributed by atoms with van der Waals surface area (Å²) in [6.45, 7) is 5.59. The molecule has 0 heterocycles. The molecule has 0 bridgehead atoms. The smallest absolute Gasteiger partial charge is 0.492 e. The zero-order valence-corrected chi connectivity index (χ0v) is 14.6. The first-order chi connectivity index (χ1) is 11.2. The Balaban J connectivity index is 2.49. The second kappa shape index (κ2) is 12.3. The molecule has 0 aliphatic carbocycles. The fourth-order valence-electron chi connectivity index (χ4n) is 2.38. The lowest BCUT2D eigenvalue weighted by atomic mass is 9.79. The molecule has 4 nitrogen and oxygen atoms in total. The van der Waals surface area contributed by atoms with Crippen LogP contribution in [-0.4, -0.2) is 30.4 Å². The van der Waals surface area contributed by atoms with Crippen LogP contribution in [0.25, 0.3) is 0 Å². The van der Waals surface area contributed by atoms with Gasteiger partial charge in [0, 0.05) is 5.46 Å². The van der Waals surface area contributed by atoms with E-state index in [2.05, 4.69) is 13.8 Å². The Kier molecular flexibility index (Phi) is 10.6. The van der Waals surface area contributed by atoms with Crippen LogP contribution in [0.2, 0.25) is 0 Å². The molecule has 0 atom stereocenters. The lowest BCUT2D eigenvalue weighted by molar-refractivity contribution is 0.297. The largest absolute Gasteiger partial charge is 0.494 e. The highest BCUT2D eigenvalue weighted by Gasteiger charge is 2.18. The molecule has 2 N–H and O–H groups in total. The maximum atomic E-state index is 9.53. The summed E-state index contributed by atoms with van der Waals surface area (Å²) in [6, 6.07) is 5.24. The molecule has 23 heavy (non-hydrogen) atoms. The molecule has 0 amide bonds. The van der Waals surface area contributed by atoms with E-state index in [1.165, 1.54) is 25.7 Å². The van der Waals surface area contributed by atoms with Gasteiger partial charge in [-0.1, -0.05) is 52.4 Å². The highest BCUT2D eigenvalue weighted by molar-refractivity contribution is 6.59. The van der Waals surface area contributed by atoms with Crippen molar-refractivity contribution in [2.75, 3.05) is 13.2 Å². The molecule has 0 spiro atoms. The van der Waals surface area contributed by atoms with Crippen LogP contribution in [0.4, 0.5) is 0 Å². The Bertz CT molecular complexity index is 423. The summed E-state index contributed by atoms with van der Waals surface area (Å²) in [4.78, 5) is 0. The van der Waals surface area contributed by atoms with E-state index in [4.69, 9.17) is 9.47 Å². The molecule has 0 aromatic heterocycles. The number of hydrogen-bond donors (Lipinski definition) is 2. The van der Waals surface area contributed by atoms with Crippen molar-refractivity contribution in [3.63, 3.8) is 0 Å². The van der Waals surface area contributed by atoms with Gasteiger partial charge in [-0.25, -0.2) is 0 Å². The van der Waals surface area contributed by atoms with Crippen LogP contribution in [-0.2, 0) is 0 Å². The van der Waals surface area contributed by atoms with E-state index in [1.54, 1.807) is 12.1 Å². The predicted octanol–water partition coefficient (Wildman–Crippen LogP) is 3.28. The second-order valence-corrected chi connectivity index (χ2v) is 5.89. The number of unbranched alkanes of at least 4 members (excludes halogenated alkanes) is 6. The van der Waals surface area contributed by atoms with Crippen molar-refractivity contribution in [1.29, 1.82) is 0 Å². The Morgan fingerprint density at radius 2 is 1.43 bits per heavy atom. The Morgan fingerprint density at radius 3 is 2.00 bits per heavy atom. The molecule has 5 heteroatoms. The zero-order chi connectivity index (χ0) is 16.9. The third-order valence-corrected chi connectivity index (χ3v) is 3.78. The SMILES string of the molecule is CCCCCCOc1ccc(OCCCCCC)c(B(O)O)c1. The minimum absolute atomic E-state index is 0.367.